The Labute approximate surface area is 189 Å². The summed E-state index contributed by atoms with van der Waals surface area (Å²) in [5, 5.41) is 9.86. The summed E-state index contributed by atoms with van der Waals surface area (Å²) in [6.07, 6.45) is 3.54. The van der Waals surface area contributed by atoms with Crippen molar-refractivity contribution in [2.45, 2.75) is 72.8 Å². The van der Waals surface area contributed by atoms with Gasteiger partial charge in [-0.15, -0.1) is 11.3 Å². The van der Waals surface area contributed by atoms with Crippen LogP contribution in [0.4, 0.5) is 5.69 Å². The smallest absolute Gasteiger partial charge is 0.350 e. The number of ether oxygens (including phenoxy) is 1. The summed E-state index contributed by atoms with van der Waals surface area (Å²) in [6.45, 7) is 9.83. The molecule has 0 radical (unpaired) electrons. The van der Waals surface area contributed by atoms with E-state index in [0.29, 0.717) is 10.8 Å². The number of aliphatic carboxylic acids is 1. The van der Waals surface area contributed by atoms with Gasteiger partial charge in [0, 0.05) is 11.3 Å². The van der Waals surface area contributed by atoms with Gasteiger partial charge in [-0.25, -0.2) is 9.59 Å². The maximum absolute atomic E-state index is 13.6. The number of carboxylic acids is 1. The fraction of sp³-hybridized carbons (Fsp3) is 0.625. The predicted octanol–water partition coefficient (Wildman–Crippen LogP) is 4.95. The van der Waals surface area contributed by atoms with E-state index in [2.05, 4.69) is 18.8 Å². The summed E-state index contributed by atoms with van der Waals surface area (Å²) < 4.78 is 4.94. The number of nitrogens with zero attached hydrogens (tertiary/aromatic N) is 1. The number of hydrogen-bond donors (Lipinski definition) is 1. The Hall–Kier alpha value is -2.33. The zero-order valence-electron chi connectivity index (χ0n) is 19.3. The molecule has 1 aromatic rings. The maximum atomic E-state index is 13.6. The van der Waals surface area contributed by atoms with Gasteiger partial charge in [0.2, 0.25) is 5.91 Å². The van der Waals surface area contributed by atoms with E-state index < -0.39 is 18.0 Å². The van der Waals surface area contributed by atoms with Gasteiger partial charge in [0.1, 0.15) is 10.9 Å². The van der Waals surface area contributed by atoms with E-state index in [-0.39, 0.29) is 34.2 Å². The van der Waals surface area contributed by atoms with Crippen molar-refractivity contribution in [2.24, 2.45) is 17.3 Å². The van der Waals surface area contributed by atoms with E-state index >= 15 is 0 Å². The molecule has 170 valence electrons. The Balaban J connectivity index is 2.59. The SMILES string of the molecule is CCC(C(=O)O)N(C(=O)C1CCC(C)CC1)c1cc(C#CC(C)(C)C)sc1C(=O)OC. The molecule has 1 fully saturated rings. The largest absolute Gasteiger partial charge is 0.480 e. The number of carboxylic acid groups (broad SMARTS) is 1. The summed E-state index contributed by atoms with van der Waals surface area (Å²) >= 11 is 1.13. The number of hydrogen-bond acceptors (Lipinski definition) is 5. The molecule has 1 N–H and O–H groups in total. The first-order valence-corrected chi connectivity index (χ1v) is 11.6. The van der Waals surface area contributed by atoms with Crippen LogP contribution in [0.15, 0.2) is 6.07 Å². The third-order valence-corrected chi connectivity index (χ3v) is 6.51. The number of esters is 1. The number of carbonyl (C=O) groups is 3. The molecule has 1 heterocycles. The second kappa shape index (κ2) is 10.3. The summed E-state index contributed by atoms with van der Waals surface area (Å²) in [7, 11) is 1.27. The molecule has 1 aromatic heterocycles. The van der Waals surface area contributed by atoms with Crippen LogP contribution in [-0.2, 0) is 14.3 Å². The molecule has 1 atom stereocenters. The lowest BCUT2D eigenvalue weighted by Gasteiger charge is -2.34. The van der Waals surface area contributed by atoms with Gasteiger partial charge in [0.05, 0.1) is 17.7 Å². The highest BCUT2D eigenvalue weighted by molar-refractivity contribution is 7.15. The normalized spacial score (nSPS) is 19.7. The van der Waals surface area contributed by atoms with Crippen LogP contribution in [0.5, 0.6) is 0 Å². The number of thiophene rings is 1. The molecule has 0 aliphatic heterocycles. The van der Waals surface area contributed by atoms with Crippen LogP contribution in [0.25, 0.3) is 0 Å². The lowest BCUT2D eigenvalue weighted by atomic mass is 9.82. The zero-order valence-corrected chi connectivity index (χ0v) is 20.1. The Morgan fingerprint density at radius 3 is 2.35 bits per heavy atom. The summed E-state index contributed by atoms with van der Waals surface area (Å²) in [5.74, 6) is 4.57. The highest BCUT2D eigenvalue weighted by Gasteiger charge is 2.38. The van der Waals surface area contributed by atoms with Crippen LogP contribution >= 0.6 is 11.3 Å². The standard InChI is InChI=1S/C24H33NO5S/c1-7-18(22(27)28)25(21(26)16-10-8-15(2)9-11-16)19-14-17(12-13-24(3,4)5)31-20(19)23(29)30-6/h14-16,18H,7-11H2,1-6H3,(H,27,28). The number of amides is 1. The van der Waals surface area contributed by atoms with E-state index in [1.165, 1.54) is 12.0 Å². The lowest BCUT2D eigenvalue weighted by Crippen LogP contribution is -2.48. The minimum absolute atomic E-state index is 0.206. The monoisotopic (exact) mass is 447 g/mol. The molecule has 0 spiro atoms. The van der Waals surface area contributed by atoms with Crippen LogP contribution in [0.3, 0.4) is 0 Å². The van der Waals surface area contributed by atoms with Gasteiger partial charge >= 0.3 is 11.9 Å². The van der Waals surface area contributed by atoms with Crippen LogP contribution in [0, 0.1) is 29.1 Å². The molecule has 0 bridgehead atoms. The van der Waals surface area contributed by atoms with Gasteiger partial charge in [-0.2, -0.15) is 0 Å². The molecule has 6 nitrogen and oxygen atoms in total. The Kier molecular flexibility index (Phi) is 8.30. The van der Waals surface area contributed by atoms with Crippen LogP contribution < -0.4 is 4.90 Å². The van der Waals surface area contributed by atoms with Gasteiger partial charge < -0.3 is 9.84 Å². The number of carbonyl (C=O) groups excluding carboxylic acids is 2. The third-order valence-electron chi connectivity index (χ3n) is 5.49. The molecule has 1 aliphatic carbocycles. The predicted molar refractivity (Wildman–Crippen MR) is 122 cm³/mol. The second-order valence-electron chi connectivity index (χ2n) is 9.24. The van der Waals surface area contributed by atoms with E-state index in [4.69, 9.17) is 4.74 Å². The van der Waals surface area contributed by atoms with Crippen molar-refractivity contribution in [3.8, 4) is 11.8 Å². The average Bonchev–Trinajstić information content (AvgIpc) is 3.13. The van der Waals surface area contributed by atoms with Gasteiger partial charge in [-0.1, -0.05) is 25.7 Å². The van der Waals surface area contributed by atoms with Crippen molar-refractivity contribution in [1.82, 2.24) is 0 Å². The van der Waals surface area contributed by atoms with Crippen molar-refractivity contribution >= 4 is 34.9 Å². The Morgan fingerprint density at radius 1 is 1.26 bits per heavy atom. The van der Waals surface area contributed by atoms with Gasteiger partial charge in [-0.05, 0) is 64.9 Å². The quantitative estimate of drug-likeness (QED) is 0.492. The van der Waals surface area contributed by atoms with Crippen LogP contribution in [0.2, 0.25) is 0 Å². The van der Waals surface area contributed by atoms with Gasteiger partial charge in [-0.3, -0.25) is 9.69 Å². The first-order chi connectivity index (χ1) is 14.5. The molecule has 0 aromatic carbocycles. The molecule has 0 saturated heterocycles. The molecule has 2 rings (SSSR count). The maximum Gasteiger partial charge on any atom is 0.350 e. The Morgan fingerprint density at radius 2 is 1.87 bits per heavy atom. The number of rotatable bonds is 6. The van der Waals surface area contributed by atoms with E-state index in [1.54, 1.807) is 13.0 Å². The molecule has 7 heteroatoms. The van der Waals surface area contributed by atoms with E-state index in [1.807, 2.05) is 20.8 Å². The van der Waals surface area contributed by atoms with Gasteiger partial charge in [0.25, 0.3) is 0 Å². The first kappa shape index (κ1) is 24.9. The van der Waals surface area contributed by atoms with Crippen molar-refractivity contribution in [3.05, 3.63) is 15.8 Å². The number of methoxy groups -OCH3 is 1. The highest BCUT2D eigenvalue weighted by atomic mass is 32.1. The molecular formula is C24H33NO5S. The van der Waals surface area contributed by atoms with Crippen LogP contribution in [0.1, 0.15) is 81.3 Å². The molecular weight excluding hydrogens is 414 g/mol. The fourth-order valence-corrected chi connectivity index (χ4v) is 4.64. The Bertz CT molecular complexity index is 878. The van der Waals surface area contributed by atoms with Crippen molar-refractivity contribution in [2.75, 3.05) is 12.0 Å². The third kappa shape index (κ3) is 6.33. The fourth-order valence-electron chi connectivity index (χ4n) is 3.72. The van der Waals surface area contributed by atoms with E-state index in [0.717, 1.165) is 37.0 Å². The summed E-state index contributed by atoms with van der Waals surface area (Å²) in [6, 6.07) is 0.596. The summed E-state index contributed by atoms with van der Waals surface area (Å²) in [5.41, 5.74) is 0.0459. The first-order valence-electron chi connectivity index (χ1n) is 10.8. The molecule has 31 heavy (non-hydrogen) atoms. The van der Waals surface area contributed by atoms with Crippen molar-refractivity contribution in [3.63, 3.8) is 0 Å². The highest BCUT2D eigenvalue weighted by Crippen LogP contribution is 2.37. The topological polar surface area (TPSA) is 83.9 Å². The number of anilines is 1. The van der Waals surface area contributed by atoms with E-state index in [9.17, 15) is 19.5 Å². The van der Waals surface area contributed by atoms with Crippen molar-refractivity contribution in [1.29, 1.82) is 0 Å². The van der Waals surface area contributed by atoms with Crippen molar-refractivity contribution < 1.29 is 24.2 Å². The van der Waals surface area contributed by atoms with Crippen LogP contribution in [-0.4, -0.2) is 36.1 Å². The minimum Gasteiger partial charge on any atom is -0.480 e. The zero-order chi connectivity index (χ0) is 23.3. The summed E-state index contributed by atoms with van der Waals surface area (Å²) in [4.78, 5) is 40.3. The lowest BCUT2D eigenvalue weighted by molar-refractivity contribution is -0.140. The average molecular weight is 448 g/mol. The molecule has 1 amide bonds. The molecule has 1 unspecified atom stereocenters. The molecule has 1 saturated carbocycles. The minimum atomic E-state index is -1.09. The molecule has 1 aliphatic rings. The van der Waals surface area contributed by atoms with Gasteiger partial charge in [0.15, 0.2) is 0 Å². The second-order valence-corrected chi connectivity index (χ2v) is 10.3.